The number of amides is 1. The lowest BCUT2D eigenvalue weighted by Crippen LogP contribution is -2.36. The van der Waals surface area contributed by atoms with Gasteiger partial charge in [0.05, 0.1) is 12.6 Å². The Morgan fingerprint density at radius 2 is 1.82 bits per heavy atom. The van der Waals surface area contributed by atoms with Gasteiger partial charge in [-0.15, -0.1) is 0 Å². The molecule has 0 saturated heterocycles. The van der Waals surface area contributed by atoms with Gasteiger partial charge in [-0.3, -0.25) is 14.2 Å². The maximum Gasteiger partial charge on any atom is 0.419 e. The maximum atomic E-state index is 12.8. The van der Waals surface area contributed by atoms with Crippen LogP contribution in [0.2, 0.25) is 0 Å². The average Bonchev–Trinajstić information content (AvgIpc) is 3.02. The lowest BCUT2D eigenvalue weighted by Gasteiger charge is -2.22. The standard InChI is InChI=1S/C21H22N2O5/c1-15-7-3-4-8-16(15)13-22(14-20(25)27-2)19(24)11-12-23-17-9-5-6-10-18(17)28-21(23)26/h3-10H,11-14H2,1-2H3. The normalized spacial score (nSPS) is 10.8. The number of oxazole rings is 1. The van der Waals surface area contributed by atoms with Crippen LogP contribution < -0.4 is 5.76 Å². The number of hydrogen-bond donors (Lipinski definition) is 0. The summed E-state index contributed by atoms with van der Waals surface area (Å²) in [6, 6.07) is 14.7. The van der Waals surface area contributed by atoms with E-state index in [4.69, 9.17) is 9.15 Å². The Labute approximate surface area is 162 Å². The Kier molecular flexibility index (Phi) is 5.93. The molecule has 3 aromatic rings. The van der Waals surface area contributed by atoms with Crippen LogP contribution in [0.4, 0.5) is 0 Å². The number of ether oxygens (including phenoxy) is 1. The van der Waals surface area contributed by atoms with Crippen LogP contribution in [0.25, 0.3) is 11.1 Å². The van der Waals surface area contributed by atoms with Gasteiger partial charge in [0.15, 0.2) is 5.58 Å². The van der Waals surface area contributed by atoms with Crippen molar-refractivity contribution in [2.45, 2.75) is 26.4 Å². The van der Waals surface area contributed by atoms with E-state index in [9.17, 15) is 14.4 Å². The number of carbonyl (C=O) groups is 2. The van der Waals surface area contributed by atoms with Gasteiger partial charge in [-0.2, -0.15) is 0 Å². The van der Waals surface area contributed by atoms with Crippen molar-refractivity contribution in [2.75, 3.05) is 13.7 Å². The monoisotopic (exact) mass is 382 g/mol. The second-order valence-corrected chi connectivity index (χ2v) is 6.49. The van der Waals surface area contributed by atoms with Crippen molar-refractivity contribution < 1.29 is 18.7 Å². The third-order valence-corrected chi connectivity index (χ3v) is 4.65. The molecule has 28 heavy (non-hydrogen) atoms. The molecule has 0 unspecified atom stereocenters. The fourth-order valence-electron chi connectivity index (χ4n) is 3.04. The highest BCUT2D eigenvalue weighted by atomic mass is 16.5. The highest BCUT2D eigenvalue weighted by Crippen LogP contribution is 2.14. The van der Waals surface area contributed by atoms with Crippen molar-refractivity contribution in [3.63, 3.8) is 0 Å². The van der Waals surface area contributed by atoms with E-state index >= 15 is 0 Å². The van der Waals surface area contributed by atoms with Gasteiger partial charge in [-0.1, -0.05) is 36.4 Å². The number of rotatable bonds is 7. The molecule has 0 atom stereocenters. The van der Waals surface area contributed by atoms with Crippen LogP contribution in [-0.4, -0.2) is 35.0 Å². The third-order valence-electron chi connectivity index (χ3n) is 4.65. The van der Waals surface area contributed by atoms with E-state index < -0.39 is 11.7 Å². The fraction of sp³-hybridized carbons (Fsp3) is 0.286. The number of aryl methyl sites for hydroxylation is 2. The van der Waals surface area contributed by atoms with E-state index in [1.54, 1.807) is 24.3 Å². The quantitative estimate of drug-likeness (QED) is 0.587. The Morgan fingerprint density at radius 3 is 2.57 bits per heavy atom. The minimum atomic E-state index is -0.507. The molecule has 3 rings (SSSR count). The highest BCUT2D eigenvalue weighted by molar-refractivity contribution is 5.82. The summed E-state index contributed by atoms with van der Waals surface area (Å²) < 4.78 is 11.3. The SMILES string of the molecule is COC(=O)CN(Cc1ccccc1C)C(=O)CCn1c(=O)oc2ccccc21. The molecule has 0 aliphatic heterocycles. The number of hydrogen-bond acceptors (Lipinski definition) is 5. The number of esters is 1. The average molecular weight is 382 g/mol. The van der Waals surface area contributed by atoms with Crippen LogP contribution in [0.5, 0.6) is 0 Å². The van der Waals surface area contributed by atoms with Crippen molar-refractivity contribution in [3.8, 4) is 0 Å². The summed E-state index contributed by atoms with van der Waals surface area (Å²) in [7, 11) is 1.29. The van der Waals surface area contributed by atoms with Gasteiger partial charge in [0.2, 0.25) is 5.91 Å². The zero-order chi connectivity index (χ0) is 20.1. The second-order valence-electron chi connectivity index (χ2n) is 6.49. The van der Waals surface area contributed by atoms with Gasteiger partial charge in [0.1, 0.15) is 6.54 Å². The number of para-hydroxylation sites is 2. The summed E-state index contributed by atoms with van der Waals surface area (Å²) in [6.07, 6.45) is 0.0618. The summed E-state index contributed by atoms with van der Waals surface area (Å²) in [5, 5.41) is 0. The zero-order valence-electron chi connectivity index (χ0n) is 15.9. The van der Waals surface area contributed by atoms with Crippen LogP contribution in [-0.2, 0) is 27.4 Å². The van der Waals surface area contributed by atoms with Crippen molar-refractivity contribution >= 4 is 23.0 Å². The summed E-state index contributed by atoms with van der Waals surface area (Å²) >= 11 is 0. The molecule has 1 amide bonds. The maximum absolute atomic E-state index is 12.8. The Bertz CT molecular complexity index is 1050. The molecule has 146 valence electrons. The van der Waals surface area contributed by atoms with Gasteiger partial charge < -0.3 is 14.1 Å². The molecular formula is C21H22N2O5. The second kappa shape index (κ2) is 8.56. The molecule has 0 spiro atoms. The van der Waals surface area contributed by atoms with Gasteiger partial charge in [0, 0.05) is 19.5 Å². The number of aromatic nitrogens is 1. The molecule has 1 heterocycles. The molecule has 1 aromatic heterocycles. The topological polar surface area (TPSA) is 81.8 Å². The molecule has 7 nitrogen and oxygen atoms in total. The van der Waals surface area contributed by atoms with E-state index in [0.717, 1.165) is 11.1 Å². The van der Waals surface area contributed by atoms with Crippen molar-refractivity contribution in [3.05, 3.63) is 70.2 Å². The first-order valence-corrected chi connectivity index (χ1v) is 8.97. The van der Waals surface area contributed by atoms with Crippen LogP contribution >= 0.6 is 0 Å². The number of benzene rings is 2. The number of nitrogens with zero attached hydrogens (tertiary/aromatic N) is 2. The van der Waals surface area contributed by atoms with Gasteiger partial charge in [-0.25, -0.2) is 4.79 Å². The van der Waals surface area contributed by atoms with Crippen molar-refractivity contribution in [1.82, 2.24) is 9.47 Å². The summed E-state index contributed by atoms with van der Waals surface area (Å²) in [5.41, 5.74) is 3.10. The highest BCUT2D eigenvalue weighted by Gasteiger charge is 2.20. The van der Waals surface area contributed by atoms with E-state index in [1.807, 2.05) is 31.2 Å². The first kappa shape index (κ1) is 19.4. The van der Waals surface area contributed by atoms with E-state index in [0.29, 0.717) is 17.6 Å². The summed E-state index contributed by atoms with van der Waals surface area (Å²) in [4.78, 5) is 38.1. The van der Waals surface area contributed by atoms with E-state index in [2.05, 4.69) is 0 Å². The van der Waals surface area contributed by atoms with Gasteiger partial charge in [-0.05, 0) is 30.2 Å². The molecule has 0 radical (unpaired) electrons. The molecular weight excluding hydrogens is 360 g/mol. The van der Waals surface area contributed by atoms with E-state index in [1.165, 1.54) is 16.6 Å². The lowest BCUT2D eigenvalue weighted by molar-refractivity contribution is -0.147. The zero-order valence-corrected chi connectivity index (χ0v) is 15.9. The van der Waals surface area contributed by atoms with Crippen LogP contribution in [0.3, 0.4) is 0 Å². The Balaban J connectivity index is 1.77. The predicted octanol–water partition coefficient (Wildman–Crippen LogP) is 2.49. The smallest absolute Gasteiger partial charge is 0.419 e. The molecule has 0 N–H and O–H groups in total. The summed E-state index contributed by atoms with van der Waals surface area (Å²) in [5.74, 6) is -1.24. The molecule has 7 heteroatoms. The predicted molar refractivity (Wildman–Crippen MR) is 104 cm³/mol. The van der Waals surface area contributed by atoms with Crippen LogP contribution in [0.1, 0.15) is 17.5 Å². The molecule has 0 aliphatic rings. The number of methoxy groups -OCH3 is 1. The minimum Gasteiger partial charge on any atom is -0.468 e. The number of carbonyl (C=O) groups excluding carboxylic acids is 2. The molecule has 2 aromatic carbocycles. The molecule has 0 aliphatic carbocycles. The fourth-order valence-corrected chi connectivity index (χ4v) is 3.04. The molecule has 0 saturated carbocycles. The minimum absolute atomic E-state index is 0.0618. The van der Waals surface area contributed by atoms with Gasteiger partial charge in [0.25, 0.3) is 0 Å². The van der Waals surface area contributed by atoms with Crippen LogP contribution in [0, 0.1) is 6.92 Å². The summed E-state index contributed by atoms with van der Waals surface area (Å²) in [6.45, 7) is 2.26. The van der Waals surface area contributed by atoms with Crippen LogP contribution in [0.15, 0.2) is 57.7 Å². The van der Waals surface area contributed by atoms with Crippen molar-refractivity contribution in [2.24, 2.45) is 0 Å². The number of fused-ring (bicyclic) bond motifs is 1. The third kappa shape index (κ3) is 4.31. The van der Waals surface area contributed by atoms with E-state index in [-0.39, 0.29) is 25.4 Å². The Morgan fingerprint density at radius 1 is 1.11 bits per heavy atom. The molecule has 0 bridgehead atoms. The lowest BCUT2D eigenvalue weighted by atomic mass is 10.1. The first-order chi connectivity index (χ1) is 13.5. The van der Waals surface area contributed by atoms with Crippen molar-refractivity contribution in [1.29, 1.82) is 0 Å². The Hall–Kier alpha value is -3.35. The first-order valence-electron chi connectivity index (χ1n) is 8.97. The molecule has 0 fully saturated rings. The van der Waals surface area contributed by atoms with Gasteiger partial charge >= 0.3 is 11.7 Å². The largest absolute Gasteiger partial charge is 0.468 e.